The van der Waals surface area contributed by atoms with E-state index >= 15 is 0 Å². The van der Waals surface area contributed by atoms with Crippen molar-refractivity contribution in [3.05, 3.63) is 0 Å². The van der Waals surface area contributed by atoms with Crippen LogP contribution in [0, 0.1) is 34.5 Å². The summed E-state index contributed by atoms with van der Waals surface area (Å²) in [6.45, 7) is 20.6. The van der Waals surface area contributed by atoms with E-state index in [-0.39, 0.29) is 0 Å². The van der Waals surface area contributed by atoms with Gasteiger partial charge in [0, 0.05) is 6.61 Å². The van der Waals surface area contributed by atoms with Crippen LogP contribution in [0.2, 0.25) is 18.1 Å². The summed E-state index contributed by atoms with van der Waals surface area (Å²) >= 11 is 0. The van der Waals surface area contributed by atoms with Crippen LogP contribution in [0.1, 0.15) is 73.6 Å². The molecule has 1 unspecified atom stereocenters. The highest BCUT2D eigenvalue weighted by molar-refractivity contribution is 6.74. The van der Waals surface area contributed by atoms with Crippen molar-refractivity contribution >= 4 is 8.32 Å². The third-order valence-corrected chi connectivity index (χ3v) is 13.0. The molecule has 0 aromatic carbocycles. The van der Waals surface area contributed by atoms with Gasteiger partial charge in [-0.15, -0.1) is 0 Å². The topological polar surface area (TPSA) is 9.23 Å². The summed E-state index contributed by atoms with van der Waals surface area (Å²) < 4.78 is 6.67. The molecule has 0 saturated heterocycles. The molecule has 23 heavy (non-hydrogen) atoms. The Bertz CT molecular complexity index is 461. The number of rotatable bonds is 3. The highest BCUT2D eigenvalue weighted by Crippen LogP contribution is 2.72. The highest BCUT2D eigenvalue weighted by Gasteiger charge is 2.65. The smallest absolute Gasteiger partial charge is 0.191 e. The molecule has 2 heteroatoms. The minimum absolute atomic E-state index is 0.337. The predicted octanol–water partition coefficient (Wildman–Crippen LogP) is 6.50. The summed E-state index contributed by atoms with van der Waals surface area (Å²) in [5.41, 5.74) is 1.25. The molecule has 0 aliphatic heterocycles. The SMILES string of the molecule is C[C@@H]1CC[C@H]2C(CO[Si](C)(C)C(C)(C)C)C[C@@H]3CC(C)(C)C[C@]312. The van der Waals surface area contributed by atoms with Crippen molar-refractivity contribution in [3.8, 4) is 0 Å². The molecule has 0 heterocycles. The van der Waals surface area contributed by atoms with Gasteiger partial charge in [0.05, 0.1) is 0 Å². The molecule has 1 spiro atoms. The molecule has 0 amide bonds. The van der Waals surface area contributed by atoms with Crippen molar-refractivity contribution in [2.24, 2.45) is 34.5 Å². The Balaban J connectivity index is 1.74. The molecular formula is C21H40OSi. The maximum atomic E-state index is 6.67. The molecule has 3 fully saturated rings. The van der Waals surface area contributed by atoms with Crippen LogP contribution < -0.4 is 0 Å². The van der Waals surface area contributed by atoms with E-state index in [1.807, 2.05) is 0 Å². The first kappa shape index (κ1) is 18.0. The minimum Gasteiger partial charge on any atom is -0.417 e. The molecule has 0 aromatic heterocycles. The maximum Gasteiger partial charge on any atom is 0.191 e. The van der Waals surface area contributed by atoms with Crippen LogP contribution in [-0.4, -0.2) is 14.9 Å². The lowest BCUT2D eigenvalue weighted by Crippen LogP contribution is -2.42. The van der Waals surface area contributed by atoms with Crippen LogP contribution in [0.25, 0.3) is 0 Å². The summed E-state index contributed by atoms with van der Waals surface area (Å²) in [6, 6.07) is 0. The van der Waals surface area contributed by atoms with Gasteiger partial charge in [0.15, 0.2) is 8.32 Å². The summed E-state index contributed by atoms with van der Waals surface area (Å²) in [4.78, 5) is 0. The number of hydrogen-bond donors (Lipinski definition) is 0. The quantitative estimate of drug-likeness (QED) is 0.535. The molecule has 0 bridgehead atoms. The molecule has 3 rings (SSSR count). The Labute approximate surface area is 146 Å². The summed E-state index contributed by atoms with van der Waals surface area (Å²) in [5.74, 6) is 3.72. The van der Waals surface area contributed by atoms with Crippen LogP contribution in [0.4, 0.5) is 0 Å². The fourth-order valence-electron chi connectivity index (χ4n) is 6.47. The molecule has 134 valence electrons. The van der Waals surface area contributed by atoms with E-state index < -0.39 is 8.32 Å². The van der Waals surface area contributed by atoms with Gasteiger partial charge in [0.25, 0.3) is 0 Å². The van der Waals surface area contributed by atoms with Crippen molar-refractivity contribution in [2.75, 3.05) is 6.61 Å². The average Bonchev–Trinajstić information content (AvgIpc) is 2.92. The van der Waals surface area contributed by atoms with Crippen LogP contribution in [-0.2, 0) is 4.43 Å². The van der Waals surface area contributed by atoms with Gasteiger partial charge in [-0.1, -0.05) is 41.5 Å². The fraction of sp³-hybridized carbons (Fsp3) is 1.00. The van der Waals surface area contributed by atoms with Crippen molar-refractivity contribution in [3.63, 3.8) is 0 Å². The Morgan fingerprint density at radius 1 is 1.13 bits per heavy atom. The molecular weight excluding hydrogens is 296 g/mol. The first-order valence-corrected chi connectivity index (χ1v) is 12.9. The molecule has 1 nitrogen and oxygen atoms in total. The molecule has 3 aliphatic carbocycles. The second kappa shape index (κ2) is 5.33. The Kier molecular flexibility index (Phi) is 4.17. The van der Waals surface area contributed by atoms with E-state index in [1.165, 1.54) is 32.1 Å². The molecule has 3 aliphatic rings. The summed E-state index contributed by atoms with van der Waals surface area (Å²) in [5, 5.41) is 0.337. The van der Waals surface area contributed by atoms with Gasteiger partial charge < -0.3 is 4.43 Å². The molecule has 0 N–H and O–H groups in total. The lowest BCUT2D eigenvalue weighted by molar-refractivity contribution is 0.0994. The van der Waals surface area contributed by atoms with Crippen molar-refractivity contribution in [1.29, 1.82) is 0 Å². The van der Waals surface area contributed by atoms with Gasteiger partial charge >= 0.3 is 0 Å². The van der Waals surface area contributed by atoms with E-state index in [4.69, 9.17) is 4.43 Å². The third kappa shape index (κ3) is 2.76. The normalized spacial score (nSPS) is 42.8. The largest absolute Gasteiger partial charge is 0.417 e. The summed E-state index contributed by atoms with van der Waals surface area (Å²) in [7, 11) is -1.60. The van der Waals surface area contributed by atoms with E-state index in [1.54, 1.807) is 0 Å². The Morgan fingerprint density at radius 3 is 2.39 bits per heavy atom. The first-order chi connectivity index (χ1) is 10.4. The standard InChI is InChI=1S/C21H40OSi/c1-15-9-10-18-16(13-22-23(7,8)19(2,3)4)11-17-12-20(5,6)14-21(15,17)18/h15-18H,9-14H2,1-8H3/t15-,16?,17-,18+,21-/m1/s1. The molecule has 0 radical (unpaired) electrons. The van der Waals surface area contributed by atoms with E-state index in [0.717, 1.165) is 30.3 Å². The van der Waals surface area contributed by atoms with E-state index in [0.29, 0.717) is 15.9 Å². The van der Waals surface area contributed by atoms with Crippen LogP contribution in [0.15, 0.2) is 0 Å². The van der Waals surface area contributed by atoms with E-state index in [2.05, 4.69) is 54.6 Å². The van der Waals surface area contributed by atoms with Crippen LogP contribution in [0.3, 0.4) is 0 Å². The first-order valence-electron chi connectivity index (χ1n) is 10.0. The molecule has 0 aromatic rings. The van der Waals surface area contributed by atoms with Gasteiger partial charge in [0.1, 0.15) is 0 Å². The predicted molar refractivity (Wildman–Crippen MR) is 102 cm³/mol. The second-order valence-corrected chi connectivity index (χ2v) is 16.3. The van der Waals surface area contributed by atoms with Gasteiger partial charge in [-0.25, -0.2) is 0 Å². The maximum absolute atomic E-state index is 6.67. The zero-order valence-electron chi connectivity index (χ0n) is 17.0. The Morgan fingerprint density at radius 2 is 1.78 bits per heavy atom. The molecule has 5 atom stereocenters. The van der Waals surface area contributed by atoms with Gasteiger partial charge in [0.2, 0.25) is 0 Å². The van der Waals surface area contributed by atoms with Crippen molar-refractivity contribution < 1.29 is 4.43 Å². The van der Waals surface area contributed by atoms with Gasteiger partial charge in [-0.2, -0.15) is 0 Å². The van der Waals surface area contributed by atoms with Crippen molar-refractivity contribution in [2.45, 2.75) is 91.8 Å². The van der Waals surface area contributed by atoms with E-state index in [9.17, 15) is 0 Å². The highest BCUT2D eigenvalue weighted by atomic mass is 28.4. The molecule has 3 saturated carbocycles. The fourth-order valence-corrected chi connectivity index (χ4v) is 7.53. The van der Waals surface area contributed by atoms with Gasteiger partial charge in [-0.3, -0.25) is 0 Å². The monoisotopic (exact) mass is 336 g/mol. The van der Waals surface area contributed by atoms with Crippen LogP contribution in [0.5, 0.6) is 0 Å². The lowest BCUT2D eigenvalue weighted by atomic mass is 9.68. The zero-order chi connectivity index (χ0) is 17.3. The van der Waals surface area contributed by atoms with Crippen LogP contribution >= 0.6 is 0 Å². The third-order valence-electron chi connectivity index (χ3n) is 8.48. The van der Waals surface area contributed by atoms with Gasteiger partial charge in [-0.05, 0) is 84.7 Å². The summed E-state index contributed by atoms with van der Waals surface area (Å²) in [6.07, 6.45) is 7.33. The Hall–Kier alpha value is 0.177. The van der Waals surface area contributed by atoms with Crippen molar-refractivity contribution in [1.82, 2.24) is 0 Å². The second-order valence-electron chi connectivity index (χ2n) is 11.5. The lowest BCUT2D eigenvalue weighted by Gasteiger charge is -2.39. The average molecular weight is 337 g/mol. The zero-order valence-corrected chi connectivity index (χ0v) is 18.0. The number of hydrogen-bond acceptors (Lipinski definition) is 1. The minimum atomic E-state index is -1.60.